The summed E-state index contributed by atoms with van der Waals surface area (Å²) in [5.41, 5.74) is 1.29. The summed E-state index contributed by atoms with van der Waals surface area (Å²) in [5, 5.41) is 1.97. The molecule has 92 valence electrons. The molecule has 0 radical (unpaired) electrons. The number of carbonyl (C=O) groups is 4. The quantitative estimate of drug-likeness (QED) is 0.604. The molecule has 0 spiro atoms. The van der Waals surface area contributed by atoms with Crippen molar-refractivity contribution >= 4 is 29.8 Å². The predicted molar refractivity (Wildman–Crippen MR) is 61.8 cm³/mol. The van der Waals surface area contributed by atoms with Crippen LogP contribution in [0.5, 0.6) is 0 Å². The lowest BCUT2D eigenvalue weighted by Crippen LogP contribution is -2.58. The van der Waals surface area contributed by atoms with E-state index in [1.165, 1.54) is 0 Å². The number of imide groups is 2. The molecule has 6 nitrogen and oxygen atoms in total. The smallest absolute Gasteiger partial charge is 0.302 e. The Morgan fingerprint density at radius 2 is 1.78 bits per heavy atom. The van der Waals surface area contributed by atoms with Gasteiger partial charge in [-0.3, -0.25) is 14.9 Å². The van der Waals surface area contributed by atoms with Crippen molar-refractivity contribution < 1.29 is 19.2 Å². The van der Waals surface area contributed by atoms with Gasteiger partial charge in [0.2, 0.25) is 5.91 Å². The van der Waals surface area contributed by atoms with Gasteiger partial charge in [0.15, 0.2) is 5.92 Å². The molecular weight excluding hydrogens is 236 g/mol. The van der Waals surface area contributed by atoms with E-state index in [0.29, 0.717) is 5.69 Å². The largest absolute Gasteiger partial charge is 0.335 e. The summed E-state index contributed by atoms with van der Waals surface area (Å²) >= 11 is 0. The van der Waals surface area contributed by atoms with Crippen molar-refractivity contribution in [2.24, 2.45) is 5.92 Å². The van der Waals surface area contributed by atoms with Gasteiger partial charge in [-0.2, -0.15) is 0 Å². The Bertz CT molecular complexity index is 536. The molecule has 1 N–H and O–H groups in total. The Morgan fingerprint density at radius 3 is 2.33 bits per heavy atom. The summed E-state index contributed by atoms with van der Waals surface area (Å²) in [6, 6.07) is 5.76. The molecule has 1 saturated heterocycles. The van der Waals surface area contributed by atoms with Crippen LogP contribution in [-0.4, -0.2) is 24.1 Å². The van der Waals surface area contributed by atoms with E-state index in [4.69, 9.17) is 0 Å². The van der Waals surface area contributed by atoms with E-state index in [1.54, 1.807) is 24.3 Å². The van der Waals surface area contributed by atoms with Crippen molar-refractivity contribution in [2.45, 2.75) is 6.92 Å². The Kier molecular flexibility index (Phi) is 2.93. The van der Waals surface area contributed by atoms with Gasteiger partial charge in [-0.05, 0) is 19.1 Å². The molecule has 2 rings (SSSR count). The van der Waals surface area contributed by atoms with Gasteiger partial charge >= 0.3 is 6.03 Å². The molecule has 1 atom stereocenters. The molecular formula is C12H10N2O4. The van der Waals surface area contributed by atoms with Crippen LogP contribution >= 0.6 is 0 Å². The number of benzene rings is 1. The van der Waals surface area contributed by atoms with Crippen molar-refractivity contribution in [3.8, 4) is 0 Å². The minimum atomic E-state index is -1.47. The molecule has 0 aliphatic carbocycles. The normalized spacial score (nSPS) is 19.7. The van der Waals surface area contributed by atoms with Gasteiger partial charge < -0.3 is 4.79 Å². The third kappa shape index (κ3) is 1.88. The molecule has 0 aromatic heterocycles. The van der Waals surface area contributed by atoms with E-state index < -0.39 is 23.8 Å². The van der Waals surface area contributed by atoms with E-state index in [9.17, 15) is 19.2 Å². The SMILES string of the molecule is Cc1ccc(N2C(=O)NC(=O)C(C=O)C2=O)cc1. The maximum absolute atomic E-state index is 11.9. The van der Waals surface area contributed by atoms with Crippen molar-refractivity contribution in [1.82, 2.24) is 5.32 Å². The van der Waals surface area contributed by atoms with E-state index in [-0.39, 0.29) is 6.29 Å². The number of rotatable bonds is 2. The first-order valence-corrected chi connectivity index (χ1v) is 5.25. The van der Waals surface area contributed by atoms with E-state index in [1.807, 2.05) is 12.2 Å². The maximum Gasteiger partial charge on any atom is 0.335 e. The first-order valence-electron chi connectivity index (χ1n) is 5.25. The van der Waals surface area contributed by atoms with Crippen LogP contribution in [0.4, 0.5) is 10.5 Å². The average molecular weight is 246 g/mol. The minimum Gasteiger partial charge on any atom is -0.302 e. The van der Waals surface area contributed by atoms with Crippen molar-refractivity contribution in [3.63, 3.8) is 0 Å². The number of urea groups is 1. The summed E-state index contributed by atoms with van der Waals surface area (Å²) in [6.45, 7) is 1.86. The number of nitrogens with zero attached hydrogens (tertiary/aromatic N) is 1. The summed E-state index contributed by atoms with van der Waals surface area (Å²) in [4.78, 5) is 46.3. The van der Waals surface area contributed by atoms with Crippen LogP contribution in [0.15, 0.2) is 24.3 Å². The second-order valence-corrected chi connectivity index (χ2v) is 3.92. The van der Waals surface area contributed by atoms with Crippen molar-refractivity contribution in [2.75, 3.05) is 4.90 Å². The lowest BCUT2D eigenvalue weighted by Gasteiger charge is -2.27. The third-order valence-electron chi connectivity index (χ3n) is 2.63. The minimum absolute atomic E-state index is 0.227. The van der Waals surface area contributed by atoms with Gasteiger partial charge in [0.05, 0.1) is 5.69 Å². The Balaban J connectivity index is 2.39. The number of aryl methyl sites for hydroxylation is 1. The van der Waals surface area contributed by atoms with E-state index in [2.05, 4.69) is 0 Å². The number of nitrogens with one attached hydrogen (secondary N) is 1. The topological polar surface area (TPSA) is 83.6 Å². The van der Waals surface area contributed by atoms with Crippen LogP contribution in [0, 0.1) is 12.8 Å². The zero-order valence-corrected chi connectivity index (χ0v) is 9.54. The Morgan fingerprint density at radius 1 is 1.17 bits per heavy atom. The number of carbonyl (C=O) groups excluding carboxylic acids is 4. The monoisotopic (exact) mass is 246 g/mol. The molecule has 1 aromatic carbocycles. The third-order valence-corrected chi connectivity index (χ3v) is 2.63. The zero-order chi connectivity index (χ0) is 13.3. The molecule has 18 heavy (non-hydrogen) atoms. The molecule has 1 aliphatic heterocycles. The summed E-state index contributed by atoms with van der Waals surface area (Å²) in [5.74, 6) is -3.19. The first-order chi connectivity index (χ1) is 8.54. The van der Waals surface area contributed by atoms with E-state index in [0.717, 1.165) is 10.5 Å². The van der Waals surface area contributed by atoms with Gasteiger partial charge in [0, 0.05) is 0 Å². The molecule has 1 aliphatic rings. The number of barbiturate groups is 1. The van der Waals surface area contributed by atoms with Gasteiger partial charge in [-0.1, -0.05) is 17.7 Å². The van der Waals surface area contributed by atoms with Crippen LogP contribution in [-0.2, 0) is 14.4 Å². The fraction of sp³-hybridized carbons (Fsp3) is 0.167. The number of hydrogen-bond donors (Lipinski definition) is 1. The predicted octanol–water partition coefficient (Wildman–Crippen LogP) is 0.393. The van der Waals surface area contributed by atoms with Gasteiger partial charge in [0.1, 0.15) is 6.29 Å². The van der Waals surface area contributed by atoms with E-state index >= 15 is 0 Å². The zero-order valence-electron chi connectivity index (χ0n) is 9.54. The molecule has 1 aromatic rings. The molecule has 0 bridgehead atoms. The lowest BCUT2D eigenvalue weighted by atomic mass is 10.1. The fourth-order valence-electron chi connectivity index (χ4n) is 1.65. The number of anilines is 1. The molecule has 1 heterocycles. The summed E-state index contributed by atoms with van der Waals surface area (Å²) in [7, 11) is 0. The molecule has 0 saturated carbocycles. The highest BCUT2D eigenvalue weighted by Crippen LogP contribution is 2.20. The second kappa shape index (κ2) is 4.40. The highest BCUT2D eigenvalue weighted by atomic mass is 16.2. The number of hydrogen-bond acceptors (Lipinski definition) is 4. The highest BCUT2D eigenvalue weighted by molar-refractivity contribution is 6.32. The molecule has 1 fully saturated rings. The number of amides is 4. The van der Waals surface area contributed by atoms with Crippen LogP contribution in [0.25, 0.3) is 0 Å². The maximum atomic E-state index is 11.9. The van der Waals surface area contributed by atoms with Crippen LogP contribution in [0.3, 0.4) is 0 Å². The second-order valence-electron chi connectivity index (χ2n) is 3.92. The van der Waals surface area contributed by atoms with Gasteiger partial charge in [-0.25, -0.2) is 9.69 Å². The van der Waals surface area contributed by atoms with Crippen LogP contribution < -0.4 is 10.2 Å². The average Bonchev–Trinajstić information content (AvgIpc) is 2.31. The molecule has 6 heteroatoms. The first kappa shape index (κ1) is 12.0. The Hall–Kier alpha value is -2.50. The molecule has 1 unspecified atom stereocenters. The van der Waals surface area contributed by atoms with Crippen molar-refractivity contribution in [3.05, 3.63) is 29.8 Å². The van der Waals surface area contributed by atoms with Crippen molar-refractivity contribution in [1.29, 1.82) is 0 Å². The highest BCUT2D eigenvalue weighted by Gasteiger charge is 2.41. The van der Waals surface area contributed by atoms with Crippen LogP contribution in [0.1, 0.15) is 5.56 Å². The number of aldehydes is 1. The Labute approximate surface area is 103 Å². The summed E-state index contributed by atoms with van der Waals surface area (Å²) < 4.78 is 0. The van der Waals surface area contributed by atoms with Gasteiger partial charge in [-0.15, -0.1) is 0 Å². The fourth-order valence-corrected chi connectivity index (χ4v) is 1.65. The lowest BCUT2D eigenvalue weighted by molar-refractivity contribution is -0.137. The standard InChI is InChI=1S/C12H10N2O4/c1-7-2-4-8(5-3-7)14-11(17)9(6-15)10(16)13-12(14)18/h2-6,9H,1H3,(H,13,16,18). The van der Waals surface area contributed by atoms with Crippen LogP contribution in [0.2, 0.25) is 0 Å². The summed E-state index contributed by atoms with van der Waals surface area (Å²) in [6.07, 6.45) is 0.227. The van der Waals surface area contributed by atoms with Gasteiger partial charge in [0.25, 0.3) is 5.91 Å². The molecule has 4 amide bonds.